The van der Waals surface area contributed by atoms with E-state index in [1.807, 2.05) is 18.2 Å². The van der Waals surface area contributed by atoms with E-state index in [4.69, 9.17) is 9.47 Å². The summed E-state index contributed by atoms with van der Waals surface area (Å²) in [5, 5.41) is 3.45. The largest absolute Gasteiger partial charge is 0.448 e. The Hall–Kier alpha value is -2.28. The van der Waals surface area contributed by atoms with Gasteiger partial charge >= 0.3 is 0 Å². The Bertz CT molecular complexity index is 748. The second-order valence-electron chi connectivity index (χ2n) is 5.85. The Morgan fingerprint density at radius 3 is 2.71 bits per heavy atom. The molecule has 1 fully saturated rings. The Morgan fingerprint density at radius 1 is 1.17 bits per heavy atom. The molecule has 124 valence electrons. The summed E-state index contributed by atoms with van der Waals surface area (Å²) in [6, 6.07) is 7.25. The molecule has 0 unspecified atom stereocenters. The van der Waals surface area contributed by atoms with Gasteiger partial charge in [-0.2, -0.15) is 0 Å². The van der Waals surface area contributed by atoms with Gasteiger partial charge in [-0.25, -0.2) is 9.97 Å². The number of hydrogen-bond donors (Lipinski definition) is 1. The van der Waals surface area contributed by atoms with E-state index in [9.17, 15) is 4.79 Å². The minimum absolute atomic E-state index is 0.109. The van der Waals surface area contributed by atoms with Gasteiger partial charge in [0.05, 0.1) is 5.75 Å². The number of rotatable bonds is 4. The molecule has 1 aromatic carbocycles. The summed E-state index contributed by atoms with van der Waals surface area (Å²) < 4.78 is 12.0. The number of anilines is 1. The van der Waals surface area contributed by atoms with Crippen LogP contribution in [0.5, 0.6) is 11.5 Å². The van der Waals surface area contributed by atoms with Gasteiger partial charge in [-0.15, -0.1) is 0 Å². The molecule has 1 N–H and O–H groups in total. The third-order valence-corrected chi connectivity index (χ3v) is 4.93. The molecular formula is C17H17N3O3S. The zero-order valence-electron chi connectivity index (χ0n) is 13.0. The lowest BCUT2D eigenvalue weighted by Gasteiger charge is -2.21. The number of thioether (sulfide) groups is 1. The molecule has 1 saturated carbocycles. The summed E-state index contributed by atoms with van der Waals surface area (Å²) in [5.41, 5.74) is 0.701. The lowest BCUT2D eigenvalue weighted by Crippen LogP contribution is -2.34. The average molecular weight is 343 g/mol. The summed E-state index contributed by atoms with van der Waals surface area (Å²) in [4.78, 5) is 20.2. The standard InChI is InChI=1S/C17H17N3O3S/c21-15(11-24-16-18-8-3-9-19-16)20-12-4-5-13-14(10-12)23-17(22-13)6-1-2-7-17/h3-5,8-10H,1-2,6-7,11H2,(H,20,21). The van der Waals surface area contributed by atoms with Gasteiger partial charge in [0.1, 0.15) is 0 Å². The molecule has 2 heterocycles. The normalized spacial score (nSPS) is 17.2. The summed E-state index contributed by atoms with van der Waals surface area (Å²) in [5.74, 6) is 1.12. The fourth-order valence-electron chi connectivity index (χ4n) is 2.98. The van der Waals surface area contributed by atoms with Crippen LogP contribution in [0.15, 0.2) is 41.8 Å². The van der Waals surface area contributed by atoms with Crippen molar-refractivity contribution in [1.82, 2.24) is 9.97 Å². The van der Waals surface area contributed by atoms with Crippen molar-refractivity contribution in [3.63, 3.8) is 0 Å². The summed E-state index contributed by atoms with van der Waals surface area (Å²) in [6.07, 6.45) is 7.38. The Labute approximate surface area is 144 Å². The molecule has 4 rings (SSSR count). The van der Waals surface area contributed by atoms with E-state index in [1.54, 1.807) is 18.5 Å². The van der Waals surface area contributed by atoms with Crippen LogP contribution < -0.4 is 14.8 Å². The molecule has 1 aromatic heterocycles. The maximum atomic E-state index is 12.1. The minimum Gasteiger partial charge on any atom is -0.448 e. The van der Waals surface area contributed by atoms with E-state index < -0.39 is 5.79 Å². The molecule has 7 heteroatoms. The number of nitrogens with one attached hydrogen (secondary N) is 1. The molecule has 0 saturated heterocycles. The number of carbonyl (C=O) groups is 1. The van der Waals surface area contributed by atoms with Gasteiger partial charge in [0.25, 0.3) is 5.79 Å². The Balaban J connectivity index is 1.37. The van der Waals surface area contributed by atoms with Crippen molar-refractivity contribution < 1.29 is 14.3 Å². The summed E-state index contributed by atoms with van der Waals surface area (Å²) in [6.45, 7) is 0. The van der Waals surface area contributed by atoms with E-state index in [0.29, 0.717) is 16.6 Å². The first-order valence-electron chi connectivity index (χ1n) is 7.94. The smallest absolute Gasteiger partial charge is 0.251 e. The van der Waals surface area contributed by atoms with Crippen LogP contribution in [0.25, 0.3) is 0 Å². The molecule has 1 aliphatic heterocycles. The third kappa shape index (κ3) is 3.17. The second kappa shape index (κ2) is 6.32. The molecule has 6 nitrogen and oxygen atoms in total. The van der Waals surface area contributed by atoms with E-state index in [-0.39, 0.29) is 11.7 Å². The van der Waals surface area contributed by atoms with Crippen molar-refractivity contribution in [3.8, 4) is 11.5 Å². The van der Waals surface area contributed by atoms with Gasteiger partial charge in [0.15, 0.2) is 16.7 Å². The Kier molecular flexibility index (Phi) is 4.02. The highest BCUT2D eigenvalue weighted by Gasteiger charge is 2.44. The van der Waals surface area contributed by atoms with Crippen LogP contribution in [0.3, 0.4) is 0 Å². The first kappa shape index (κ1) is 15.3. The molecule has 0 bridgehead atoms. The highest BCUT2D eigenvalue weighted by Crippen LogP contribution is 2.47. The summed E-state index contributed by atoms with van der Waals surface area (Å²) in [7, 11) is 0. The number of ether oxygens (including phenoxy) is 2. The van der Waals surface area contributed by atoms with Crippen molar-refractivity contribution in [2.24, 2.45) is 0 Å². The Morgan fingerprint density at radius 2 is 1.92 bits per heavy atom. The van der Waals surface area contributed by atoms with Crippen LogP contribution >= 0.6 is 11.8 Å². The van der Waals surface area contributed by atoms with E-state index >= 15 is 0 Å². The number of nitrogens with zero attached hydrogens (tertiary/aromatic N) is 2. The number of amides is 1. The highest BCUT2D eigenvalue weighted by atomic mass is 32.2. The monoisotopic (exact) mass is 343 g/mol. The van der Waals surface area contributed by atoms with Crippen molar-refractivity contribution >= 4 is 23.4 Å². The maximum Gasteiger partial charge on any atom is 0.251 e. The molecule has 1 amide bonds. The van der Waals surface area contributed by atoms with Gasteiger partial charge in [-0.05, 0) is 31.0 Å². The quantitative estimate of drug-likeness (QED) is 0.678. The van der Waals surface area contributed by atoms with Crippen molar-refractivity contribution in [2.75, 3.05) is 11.1 Å². The molecule has 1 aliphatic carbocycles. The van der Waals surface area contributed by atoms with E-state index in [0.717, 1.165) is 31.4 Å². The first-order valence-corrected chi connectivity index (χ1v) is 8.93. The predicted octanol–water partition coefficient (Wildman–Crippen LogP) is 3.25. The second-order valence-corrected chi connectivity index (χ2v) is 6.79. The van der Waals surface area contributed by atoms with Crippen LogP contribution in [0, 0.1) is 0 Å². The van der Waals surface area contributed by atoms with E-state index in [1.165, 1.54) is 11.8 Å². The van der Waals surface area contributed by atoms with Crippen molar-refractivity contribution in [2.45, 2.75) is 36.6 Å². The van der Waals surface area contributed by atoms with Crippen molar-refractivity contribution in [1.29, 1.82) is 0 Å². The number of benzene rings is 1. The van der Waals surface area contributed by atoms with Gasteiger partial charge < -0.3 is 14.8 Å². The zero-order chi connectivity index (χ0) is 16.4. The van der Waals surface area contributed by atoms with Crippen LogP contribution in [0.4, 0.5) is 5.69 Å². The van der Waals surface area contributed by atoms with Gasteiger partial charge in [-0.1, -0.05) is 11.8 Å². The predicted molar refractivity (Wildman–Crippen MR) is 90.3 cm³/mol. The SMILES string of the molecule is O=C(CSc1ncccn1)Nc1ccc2c(c1)OC1(CCCC1)O2. The number of hydrogen-bond acceptors (Lipinski definition) is 6. The lowest BCUT2D eigenvalue weighted by atomic mass is 10.2. The molecule has 2 aliphatic rings. The van der Waals surface area contributed by atoms with Gasteiger partial charge in [0.2, 0.25) is 5.91 Å². The average Bonchev–Trinajstić information content (AvgIpc) is 3.20. The molecule has 0 atom stereocenters. The van der Waals surface area contributed by atoms with E-state index in [2.05, 4.69) is 15.3 Å². The molecular weight excluding hydrogens is 326 g/mol. The van der Waals surface area contributed by atoms with Crippen LogP contribution in [-0.4, -0.2) is 27.4 Å². The maximum absolute atomic E-state index is 12.1. The minimum atomic E-state index is -0.481. The molecule has 0 radical (unpaired) electrons. The number of carbonyl (C=O) groups excluding carboxylic acids is 1. The van der Waals surface area contributed by atoms with Crippen LogP contribution in [-0.2, 0) is 4.79 Å². The molecule has 24 heavy (non-hydrogen) atoms. The fraction of sp³-hybridized carbons (Fsp3) is 0.353. The van der Waals surface area contributed by atoms with Crippen LogP contribution in [0.1, 0.15) is 25.7 Å². The number of aromatic nitrogens is 2. The van der Waals surface area contributed by atoms with Gasteiger partial charge in [-0.3, -0.25) is 4.79 Å². The third-order valence-electron chi connectivity index (χ3n) is 4.06. The first-order chi connectivity index (χ1) is 11.7. The molecule has 1 spiro atoms. The zero-order valence-corrected chi connectivity index (χ0v) is 13.8. The topological polar surface area (TPSA) is 73.3 Å². The summed E-state index contributed by atoms with van der Waals surface area (Å²) >= 11 is 1.30. The highest BCUT2D eigenvalue weighted by molar-refractivity contribution is 7.99. The van der Waals surface area contributed by atoms with Crippen LogP contribution in [0.2, 0.25) is 0 Å². The molecule has 2 aromatic rings. The van der Waals surface area contributed by atoms with Gasteiger partial charge in [0, 0.05) is 37.0 Å². The van der Waals surface area contributed by atoms with Crippen molar-refractivity contribution in [3.05, 3.63) is 36.7 Å². The number of fused-ring (bicyclic) bond motifs is 1. The fourth-order valence-corrected chi connectivity index (χ4v) is 3.58. The lowest BCUT2D eigenvalue weighted by molar-refractivity contribution is -0.113.